The quantitative estimate of drug-likeness (QED) is 0.442. The molecule has 0 aromatic heterocycles. The van der Waals surface area contributed by atoms with Gasteiger partial charge >= 0.3 is 0 Å². The van der Waals surface area contributed by atoms with Gasteiger partial charge in [-0.1, -0.05) is 23.7 Å². The molecule has 0 bridgehead atoms. The Kier molecular flexibility index (Phi) is 6.76. The van der Waals surface area contributed by atoms with Crippen LogP contribution < -0.4 is 10.2 Å². The summed E-state index contributed by atoms with van der Waals surface area (Å²) in [6.07, 6.45) is 0. The molecule has 0 spiro atoms. The summed E-state index contributed by atoms with van der Waals surface area (Å²) in [7, 11) is 3.99. The number of non-ortho nitro benzene ring substituents is 1. The van der Waals surface area contributed by atoms with Gasteiger partial charge in [-0.3, -0.25) is 10.1 Å². The van der Waals surface area contributed by atoms with Crippen LogP contribution in [0.15, 0.2) is 42.5 Å². The average molecular weight is 393 g/mol. The van der Waals surface area contributed by atoms with Gasteiger partial charge < -0.3 is 15.1 Å². The minimum atomic E-state index is -0.464. The van der Waals surface area contributed by atoms with E-state index in [1.54, 1.807) is 0 Å². The zero-order valence-electron chi connectivity index (χ0n) is 14.9. The van der Waals surface area contributed by atoms with Crippen molar-refractivity contribution in [3.63, 3.8) is 0 Å². The van der Waals surface area contributed by atoms with Crippen LogP contribution >= 0.6 is 23.8 Å². The van der Waals surface area contributed by atoms with Gasteiger partial charge in [0.25, 0.3) is 5.69 Å². The standard InChI is InChI=1S/C18H21ClN4O2S/c1-4-22(12-13-5-7-14(8-6-13)21(2)3)18(26)20-17-11-15(23(24)25)9-10-16(17)19/h5-11H,4,12H2,1-3H3,(H,20,26). The lowest BCUT2D eigenvalue weighted by Gasteiger charge is -2.25. The maximum Gasteiger partial charge on any atom is 0.271 e. The van der Waals surface area contributed by atoms with Gasteiger partial charge in [0, 0.05) is 45.0 Å². The van der Waals surface area contributed by atoms with Gasteiger partial charge in [-0.25, -0.2) is 0 Å². The molecule has 1 N–H and O–H groups in total. The van der Waals surface area contributed by atoms with Crippen LogP contribution in [0, 0.1) is 10.1 Å². The fourth-order valence-corrected chi connectivity index (χ4v) is 2.83. The van der Waals surface area contributed by atoms with E-state index >= 15 is 0 Å². The Hall–Kier alpha value is -2.38. The summed E-state index contributed by atoms with van der Waals surface area (Å²) in [6, 6.07) is 12.5. The molecular weight excluding hydrogens is 372 g/mol. The number of anilines is 2. The summed E-state index contributed by atoms with van der Waals surface area (Å²) in [5, 5.41) is 14.8. The van der Waals surface area contributed by atoms with Crippen molar-refractivity contribution in [2.24, 2.45) is 0 Å². The Balaban J connectivity index is 2.11. The number of hydrogen-bond donors (Lipinski definition) is 1. The molecule has 0 amide bonds. The lowest BCUT2D eigenvalue weighted by Crippen LogP contribution is -2.34. The van der Waals surface area contributed by atoms with Gasteiger partial charge in [-0.2, -0.15) is 0 Å². The molecular formula is C18H21ClN4O2S. The molecule has 0 aliphatic rings. The summed E-state index contributed by atoms with van der Waals surface area (Å²) in [4.78, 5) is 14.5. The maximum atomic E-state index is 10.9. The van der Waals surface area contributed by atoms with E-state index in [2.05, 4.69) is 29.6 Å². The molecule has 0 heterocycles. The fourth-order valence-electron chi connectivity index (χ4n) is 2.36. The number of rotatable bonds is 6. The predicted molar refractivity (Wildman–Crippen MR) is 111 cm³/mol. The van der Waals surface area contributed by atoms with Crippen LogP contribution in [0.2, 0.25) is 5.02 Å². The molecule has 8 heteroatoms. The number of thiocarbonyl (C=S) groups is 1. The van der Waals surface area contributed by atoms with Crippen molar-refractivity contribution in [2.45, 2.75) is 13.5 Å². The molecule has 6 nitrogen and oxygen atoms in total. The summed E-state index contributed by atoms with van der Waals surface area (Å²) >= 11 is 11.6. The molecule has 0 aliphatic heterocycles. The number of nitro groups is 1. The highest BCUT2D eigenvalue weighted by atomic mass is 35.5. The second-order valence-electron chi connectivity index (χ2n) is 5.93. The normalized spacial score (nSPS) is 10.3. The minimum Gasteiger partial charge on any atom is -0.378 e. The molecule has 26 heavy (non-hydrogen) atoms. The number of halogens is 1. The van der Waals surface area contributed by atoms with E-state index in [1.165, 1.54) is 18.2 Å². The van der Waals surface area contributed by atoms with Crippen molar-refractivity contribution in [3.8, 4) is 0 Å². The number of nitrogens with one attached hydrogen (secondary N) is 1. The molecule has 0 fully saturated rings. The highest BCUT2D eigenvalue weighted by molar-refractivity contribution is 7.80. The Morgan fingerprint density at radius 2 is 1.88 bits per heavy atom. The third-order valence-corrected chi connectivity index (χ3v) is 4.59. The topological polar surface area (TPSA) is 61.6 Å². The summed E-state index contributed by atoms with van der Waals surface area (Å²) < 4.78 is 0. The van der Waals surface area contributed by atoms with E-state index < -0.39 is 4.92 Å². The number of nitrogens with zero attached hydrogens (tertiary/aromatic N) is 3. The summed E-state index contributed by atoms with van der Waals surface area (Å²) in [5.41, 5.74) is 2.63. The molecule has 0 aliphatic carbocycles. The van der Waals surface area contributed by atoms with E-state index in [1.807, 2.05) is 30.8 Å². The number of hydrogen-bond acceptors (Lipinski definition) is 4. The monoisotopic (exact) mass is 392 g/mol. The zero-order chi connectivity index (χ0) is 19.3. The Labute approximate surface area is 163 Å². The maximum absolute atomic E-state index is 10.9. The van der Waals surface area contributed by atoms with E-state index in [-0.39, 0.29) is 5.69 Å². The number of benzene rings is 2. The predicted octanol–water partition coefficient (Wildman–Crippen LogP) is 4.53. The molecule has 0 unspecified atom stereocenters. The molecule has 2 aromatic carbocycles. The van der Waals surface area contributed by atoms with Crippen LogP contribution in [0.5, 0.6) is 0 Å². The first-order valence-corrected chi connectivity index (χ1v) is 8.86. The molecule has 0 saturated carbocycles. The highest BCUT2D eigenvalue weighted by Gasteiger charge is 2.14. The fraction of sp³-hybridized carbons (Fsp3) is 0.278. The van der Waals surface area contributed by atoms with Crippen LogP contribution in [0.25, 0.3) is 0 Å². The van der Waals surface area contributed by atoms with Gasteiger partial charge in [0.05, 0.1) is 15.6 Å². The summed E-state index contributed by atoms with van der Waals surface area (Å²) in [5.74, 6) is 0. The molecule has 2 rings (SSSR count). The van der Waals surface area contributed by atoms with Crippen molar-refractivity contribution in [1.29, 1.82) is 0 Å². The number of nitro benzene ring substituents is 1. The van der Waals surface area contributed by atoms with Crippen molar-refractivity contribution >= 4 is 46.0 Å². The van der Waals surface area contributed by atoms with Crippen LogP contribution in [0.1, 0.15) is 12.5 Å². The van der Waals surface area contributed by atoms with Crippen LogP contribution in [0.4, 0.5) is 17.1 Å². The summed E-state index contributed by atoms with van der Waals surface area (Å²) in [6.45, 7) is 3.31. The zero-order valence-corrected chi connectivity index (χ0v) is 16.5. The highest BCUT2D eigenvalue weighted by Crippen LogP contribution is 2.27. The Morgan fingerprint density at radius 1 is 1.23 bits per heavy atom. The van der Waals surface area contributed by atoms with Crippen molar-refractivity contribution in [2.75, 3.05) is 30.9 Å². The molecule has 0 saturated heterocycles. The van der Waals surface area contributed by atoms with Crippen LogP contribution in [-0.4, -0.2) is 35.6 Å². The Bertz CT molecular complexity index is 796. The van der Waals surface area contributed by atoms with Crippen molar-refractivity contribution in [1.82, 2.24) is 4.90 Å². The van der Waals surface area contributed by atoms with Crippen molar-refractivity contribution < 1.29 is 4.92 Å². The Morgan fingerprint density at radius 3 is 2.42 bits per heavy atom. The lowest BCUT2D eigenvalue weighted by molar-refractivity contribution is -0.384. The van der Waals surface area contributed by atoms with Gasteiger partial charge in [0.2, 0.25) is 0 Å². The third kappa shape index (κ3) is 5.06. The first-order valence-electron chi connectivity index (χ1n) is 8.08. The van der Waals surface area contributed by atoms with Crippen LogP contribution in [-0.2, 0) is 6.54 Å². The van der Waals surface area contributed by atoms with E-state index in [0.29, 0.717) is 28.9 Å². The van der Waals surface area contributed by atoms with Crippen LogP contribution in [0.3, 0.4) is 0 Å². The third-order valence-electron chi connectivity index (χ3n) is 3.90. The second kappa shape index (κ2) is 8.82. The van der Waals surface area contributed by atoms with Gasteiger partial charge in [0.15, 0.2) is 5.11 Å². The van der Waals surface area contributed by atoms with Gasteiger partial charge in [0.1, 0.15) is 0 Å². The molecule has 138 valence electrons. The average Bonchev–Trinajstić information content (AvgIpc) is 2.61. The van der Waals surface area contributed by atoms with Gasteiger partial charge in [-0.05, 0) is 42.9 Å². The van der Waals surface area contributed by atoms with E-state index in [4.69, 9.17) is 23.8 Å². The lowest BCUT2D eigenvalue weighted by atomic mass is 10.2. The van der Waals surface area contributed by atoms with Gasteiger partial charge in [-0.15, -0.1) is 0 Å². The minimum absolute atomic E-state index is 0.0398. The largest absolute Gasteiger partial charge is 0.378 e. The second-order valence-corrected chi connectivity index (χ2v) is 6.72. The first-order chi connectivity index (χ1) is 12.3. The van der Waals surface area contributed by atoms with Crippen molar-refractivity contribution in [3.05, 3.63) is 63.2 Å². The molecule has 2 aromatic rings. The molecule has 0 radical (unpaired) electrons. The SMILES string of the molecule is CCN(Cc1ccc(N(C)C)cc1)C(=S)Nc1cc([N+](=O)[O-])ccc1Cl. The molecule has 0 atom stereocenters. The van der Waals surface area contributed by atoms with E-state index in [0.717, 1.165) is 11.3 Å². The first kappa shape index (κ1) is 19.9. The van der Waals surface area contributed by atoms with E-state index in [9.17, 15) is 10.1 Å². The smallest absolute Gasteiger partial charge is 0.271 e.